The zero-order valence-electron chi connectivity index (χ0n) is 10.4. The molecule has 1 heterocycles. The van der Waals surface area contributed by atoms with E-state index in [-0.39, 0.29) is 11.5 Å². The average molecular weight is 332 g/mol. The zero-order chi connectivity index (χ0) is 14.9. The number of halogens is 2. The van der Waals surface area contributed by atoms with E-state index in [4.69, 9.17) is 45.9 Å². The van der Waals surface area contributed by atoms with Crippen molar-refractivity contribution in [1.82, 2.24) is 9.55 Å². The van der Waals surface area contributed by atoms with Crippen molar-refractivity contribution in [2.75, 3.05) is 12.8 Å². The number of H-pyrrole nitrogens is 1. The first-order valence-electron chi connectivity index (χ1n) is 5.54. The summed E-state index contributed by atoms with van der Waals surface area (Å²) < 4.78 is 6.58. The quantitative estimate of drug-likeness (QED) is 0.668. The van der Waals surface area contributed by atoms with Crippen LogP contribution in [0.1, 0.15) is 16.1 Å². The topological polar surface area (TPSA) is 73.0 Å². The number of nitrogens with one attached hydrogen (secondary N) is 1. The molecule has 0 aliphatic heterocycles. The van der Waals surface area contributed by atoms with E-state index in [9.17, 15) is 4.79 Å². The number of aromatic amines is 1. The predicted octanol–water partition coefficient (Wildman–Crippen LogP) is 3.27. The van der Waals surface area contributed by atoms with Gasteiger partial charge in [-0.2, -0.15) is 0 Å². The molecular formula is C12H11Cl2N3O2S. The number of hydrogen-bond donors (Lipinski definition) is 2. The Labute approximate surface area is 130 Å². The average Bonchev–Trinajstić information content (AvgIpc) is 2.68. The zero-order valence-corrected chi connectivity index (χ0v) is 12.8. The molecule has 2 rings (SSSR count). The van der Waals surface area contributed by atoms with Gasteiger partial charge in [0.05, 0.1) is 23.7 Å². The third-order valence-electron chi connectivity index (χ3n) is 2.72. The Balaban J connectivity index is 2.45. The molecule has 0 aliphatic rings. The number of nitrogens with zero attached hydrogens (tertiary/aromatic N) is 1. The fourth-order valence-corrected chi connectivity index (χ4v) is 2.36. The molecule has 0 aliphatic carbocycles. The van der Waals surface area contributed by atoms with Gasteiger partial charge in [-0.15, -0.1) is 0 Å². The summed E-state index contributed by atoms with van der Waals surface area (Å²) in [6.07, 6.45) is 0. The van der Waals surface area contributed by atoms with E-state index >= 15 is 0 Å². The molecule has 0 bridgehead atoms. The molecule has 2 aromatic rings. The highest BCUT2D eigenvalue weighted by atomic mass is 35.5. The maximum Gasteiger partial charge on any atom is 0.358 e. The van der Waals surface area contributed by atoms with Gasteiger partial charge in [-0.05, 0) is 29.9 Å². The lowest BCUT2D eigenvalue weighted by Crippen LogP contribution is -2.13. The summed E-state index contributed by atoms with van der Waals surface area (Å²) in [5.74, 6) is -0.392. The molecule has 106 valence electrons. The number of hydrogen-bond acceptors (Lipinski definition) is 4. The van der Waals surface area contributed by atoms with Crippen molar-refractivity contribution in [2.24, 2.45) is 0 Å². The molecule has 0 atom stereocenters. The summed E-state index contributed by atoms with van der Waals surface area (Å²) in [6.45, 7) is 0.327. The van der Waals surface area contributed by atoms with E-state index in [0.717, 1.165) is 5.56 Å². The van der Waals surface area contributed by atoms with E-state index in [1.165, 1.54) is 7.11 Å². The molecule has 20 heavy (non-hydrogen) atoms. The van der Waals surface area contributed by atoms with Gasteiger partial charge in [-0.25, -0.2) is 4.79 Å². The molecule has 3 N–H and O–H groups in total. The van der Waals surface area contributed by atoms with E-state index in [1.54, 1.807) is 22.8 Å². The Morgan fingerprint density at radius 3 is 2.75 bits per heavy atom. The molecule has 0 saturated heterocycles. The number of rotatable bonds is 3. The van der Waals surface area contributed by atoms with Gasteiger partial charge >= 0.3 is 5.97 Å². The van der Waals surface area contributed by atoms with E-state index in [1.807, 2.05) is 0 Å². The van der Waals surface area contributed by atoms with Crippen LogP contribution in [0.2, 0.25) is 10.0 Å². The van der Waals surface area contributed by atoms with Gasteiger partial charge < -0.3 is 20.0 Å². The molecule has 0 radical (unpaired) electrons. The van der Waals surface area contributed by atoms with Gasteiger partial charge in [-0.1, -0.05) is 29.3 Å². The number of benzene rings is 1. The Morgan fingerprint density at radius 2 is 2.15 bits per heavy atom. The number of carbonyl (C=O) groups excluding carboxylic acids is 1. The fraction of sp³-hybridized carbons (Fsp3) is 0.167. The lowest BCUT2D eigenvalue weighted by Gasteiger charge is -2.08. The van der Waals surface area contributed by atoms with Crippen LogP contribution in [0.4, 0.5) is 5.82 Å². The molecule has 8 heteroatoms. The summed E-state index contributed by atoms with van der Waals surface area (Å²) in [6, 6.07) is 5.17. The van der Waals surface area contributed by atoms with Crippen molar-refractivity contribution in [1.29, 1.82) is 0 Å². The van der Waals surface area contributed by atoms with Crippen LogP contribution in [-0.2, 0) is 11.3 Å². The number of ether oxygens (including phenoxy) is 1. The van der Waals surface area contributed by atoms with Gasteiger partial charge in [0.25, 0.3) is 0 Å². The Kier molecular flexibility index (Phi) is 4.37. The van der Waals surface area contributed by atoms with Crippen LogP contribution in [0.15, 0.2) is 18.2 Å². The summed E-state index contributed by atoms with van der Waals surface area (Å²) in [7, 11) is 1.28. The Morgan fingerprint density at radius 1 is 1.45 bits per heavy atom. The van der Waals surface area contributed by atoms with Crippen molar-refractivity contribution < 1.29 is 9.53 Å². The number of esters is 1. The molecule has 0 saturated carbocycles. The number of aromatic nitrogens is 2. The lowest BCUT2D eigenvalue weighted by atomic mass is 10.2. The van der Waals surface area contributed by atoms with E-state index in [0.29, 0.717) is 21.4 Å². The second kappa shape index (κ2) is 5.87. The summed E-state index contributed by atoms with van der Waals surface area (Å²) in [5, 5.41) is 0.889. The minimum atomic E-state index is -0.560. The van der Waals surface area contributed by atoms with Crippen molar-refractivity contribution in [2.45, 2.75) is 6.54 Å². The Bertz CT molecular complexity index is 724. The van der Waals surface area contributed by atoms with Crippen LogP contribution in [0.25, 0.3) is 0 Å². The largest absolute Gasteiger partial charge is 0.464 e. The van der Waals surface area contributed by atoms with Gasteiger partial charge in [0.2, 0.25) is 0 Å². The van der Waals surface area contributed by atoms with E-state index < -0.39 is 5.97 Å². The minimum Gasteiger partial charge on any atom is -0.464 e. The molecule has 5 nitrogen and oxygen atoms in total. The van der Waals surface area contributed by atoms with Gasteiger partial charge in [0, 0.05) is 0 Å². The maximum absolute atomic E-state index is 11.7. The molecule has 0 spiro atoms. The molecule has 1 aromatic heterocycles. The van der Waals surface area contributed by atoms with Crippen LogP contribution in [0.5, 0.6) is 0 Å². The molecule has 0 unspecified atom stereocenters. The summed E-state index contributed by atoms with van der Waals surface area (Å²) in [4.78, 5) is 14.5. The number of carbonyl (C=O) groups is 1. The second-order valence-electron chi connectivity index (χ2n) is 4.02. The van der Waals surface area contributed by atoms with Gasteiger partial charge in [0.1, 0.15) is 5.82 Å². The fourth-order valence-electron chi connectivity index (χ4n) is 1.78. The predicted molar refractivity (Wildman–Crippen MR) is 80.9 cm³/mol. The normalized spacial score (nSPS) is 10.6. The van der Waals surface area contributed by atoms with Crippen molar-refractivity contribution in [3.05, 3.63) is 44.3 Å². The summed E-state index contributed by atoms with van der Waals surface area (Å²) in [5.41, 5.74) is 6.75. The monoisotopic (exact) mass is 331 g/mol. The Hall–Kier alpha value is -1.50. The minimum absolute atomic E-state index is 0.168. The van der Waals surface area contributed by atoms with Crippen LogP contribution < -0.4 is 5.73 Å². The SMILES string of the molecule is COC(=O)c1c(N)[nH]c(=S)n1Cc1ccc(Cl)c(Cl)c1. The highest BCUT2D eigenvalue weighted by molar-refractivity contribution is 7.71. The van der Waals surface area contributed by atoms with Crippen molar-refractivity contribution in [3.63, 3.8) is 0 Å². The first kappa shape index (κ1) is 14.9. The van der Waals surface area contributed by atoms with Gasteiger partial charge in [0.15, 0.2) is 10.5 Å². The maximum atomic E-state index is 11.7. The first-order valence-corrected chi connectivity index (χ1v) is 6.71. The first-order chi connectivity index (χ1) is 9.43. The van der Waals surface area contributed by atoms with E-state index in [2.05, 4.69) is 4.98 Å². The second-order valence-corrected chi connectivity index (χ2v) is 5.22. The van der Waals surface area contributed by atoms with Crippen LogP contribution >= 0.6 is 35.4 Å². The summed E-state index contributed by atoms with van der Waals surface area (Å²) >= 11 is 17.0. The standard InChI is InChI=1S/C12H11Cl2N3O2S/c1-19-11(18)9-10(15)16-12(20)17(9)5-6-2-3-7(13)8(14)4-6/h2-4H,5,15H2,1H3,(H,16,20). The van der Waals surface area contributed by atoms with Crippen LogP contribution in [0, 0.1) is 4.77 Å². The highest BCUT2D eigenvalue weighted by Crippen LogP contribution is 2.24. The number of nitrogens with two attached hydrogens (primary N) is 1. The smallest absolute Gasteiger partial charge is 0.358 e. The van der Waals surface area contributed by atoms with Crippen molar-refractivity contribution in [3.8, 4) is 0 Å². The third kappa shape index (κ3) is 2.82. The number of anilines is 1. The van der Waals surface area contributed by atoms with Crippen molar-refractivity contribution >= 4 is 47.2 Å². The molecular weight excluding hydrogens is 321 g/mol. The van der Waals surface area contributed by atoms with Gasteiger partial charge in [-0.3, -0.25) is 0 Å². The third-order valence-corrected chi connectivity index (χ3v) is 3.78. The number of imidazole rings is 1. The van der Waals surface area contributed by atoms with Crippen LogP contribution in [-0.4, -0.2) is 22.6 Å². The molecule has 0 amide bonds. The number of nitrogen functional groups attached to an aromatic ring is 1. The molecule has 0 fully saturated rings. The highest BCUT2D eigenvalue weighted by Gasteiger charge is 2.18. The molecule has 1 aromatic carbocycles. The van der Waals surface area contributed by atoms with Crippen LogP contribution in [0.3, 0.4) is 0 Å². The number of methoxy groups -OCH3 is 1. The lowest BCUT2D eigenvalue weighted by molar-refractivity contribution is 0.0590.